The van der Waals surface area contributed by atoms with Gasteiger partial charge in [0, 0.05) is 231 Å². The molecule has 0 spiro atoms. The second-order valence-corrected chi connectivity index (χ2v) is 27.2. The van der Waals surface area contributed by atoms with Crippen molar-refractivity contribution in [1.82, 2.24) is 0 Å². The second kappa shape index (κ2) is 116. The summed E-state index contributed by atoms with van der Waals surface area (Å²) >= 11 is 0. The van der Waals surface area contributed by atoms with Crippen LogP contribution in [0.3, 0.4) is 0 Å². The van der Waals surface area contributed by atoms with Crippen molar-refractivity contribution in [1.29, 1.82) is 0 Å². The molecule has 135 heavy (non-hydrogen) atoms. The molecule has 0 aliphatic rings. The molecule has 7 rings (SSSR count). The first kappa shape index (κ1) is 168. The van der Waals surface area contributed by atoms with E-state index in [0.717, 1.165) is 51.8 Å². The van der Waals surface area contributed by atoms with Gasteiger partial charge in [0.05, 0.1) is 92.5 Å². The SMILES string of the molecule is CC(C)(C)CC(C)(C)c1cc(CO)c(O)c(CO)c1.CC(C)(C)c1cc(CO)c(O)c(CO)c1.CC(C)C(C)c1cc(CO)c(O)c(CO)c1.CCc1cc(CO)c(O)c(CO)c1.CCc1cc(CO)cc(CO)c1O.Cc1cc(CO)c(O)c(CO)c1.FF.FF.FF.FF.FF.FF.FF.FF.FF.FF.FF.FF.FF.FF.FF.FF.FF.FF.OCc1ccc(O)c(CO)c1. The Morgan fingerprint density at radius 2 is 0.444 bits per heavy atom. The molecule has 0 bridgehead atoms. The van der Waals surface area contributed by atoms with Gasteiger partial charge in [0.2, 0.25) is 0 Å². The predicted molar refractivity (Wildman–Crippen MR) is 422 cm³/mol. The van der Waals surface area contributed by atoms with Gasteiger partial charge in [-0.3, -0.25) is 0 Å². The smallest absolute Gasteiger partial charge is 0.126 e. The minimum atomic E-state index is -0.224. The van der Waals surface area contributed by atoms with Gasteiger partial charge in [-0.2, -0.15) is 0 Å². The molecule has 7 aromatic carbocycles. The van der Waals surface area contributed by atoms with Crippen molar-refractivity contribution < 1.29 is 272 Å². The van der Waals surface area contributed by atoms with Gasteiger partial charge < -0.3 is 107 Å². The van der Waals surface area contributed by atoms with Crippen molar-refractivity contribution in [3.05, 3.63) is 202 Å². The normalized spacial score (nSPS) is 9.19. The molecule has 0 aliphatic carbocycles. The first-order chi connectivity index (χ1) is 64.4. The molecule has 21 nitrogen and oxygen atoms in total. The van der Waals surface area contributed by atoms with E-state index < -0.39 is 0 Å². The zero-order chi connectivity index (χ0) is 112. The Morgan fingerprint density at radius 1 is 0.237 bits per heavy atom. The number of aliphatic hydroxyl groups excluding tert-OH is 14. The Morgan fingerprint density at radius 3 is 0.659 bits per heavy atom. The summed E-state index contributed by atoms with van der Waals surface area (Å²) < 4.78 is 288. The van der Waals surface area contributed by atoms with Gasteiger partial charge in [-0.25, -0.2) is 0 Å². The van der Waals surface area contributed by atoms with E-state index in [1.165, 1.54) is 6.07 Å². The average molecular weight is 2070 g/mol. The highest BCUT2D eigenvalue weighted by atomic mass is 20.0. The summed E-state index contributed by atoms with van der Waals surface area (Å²) in [7, 11) is 0. The van der Waals surface area contributed by atoms with Gasteiger partial charge in [0.15, 0.2) is 0 Å². The predicted octanol–water partition coefficient (Wildman–Crippen LogP) is 25.0. The topological polar surface area (TPSA) is 425 Å². The van der Waals surface area contributed by atoms with Gasteiger partial charge in [0.1, 0.15) is 40.2 Å². The molecule has 0 saturated carbocycles. The van der Waals surface area contributed by atoms with E-state index in [1.54, 1.807) is 72.8 Å². The molecule has 804 valence electrons. The van der Waals surface area contributed by atoms with E-state index in [9.17, 15) is 40.9 Å². The lowest BCUT2D eigenvalue weighted by Crippen LogP contribution is -2.25. The van der Waals surface area contributed by atoms with Crippen LogP contribution in [0, 0.1) is 18.3 Å². The van der Waals surface area contributed by atoms with Crippen molar-refractivity contribution in [2.75, 3.05) is 0 Å². The summed E-state index contributed by atoms with van der Waals surface area (Å²) in [4.78, 5) is 0. The van der Waals surface area contributed by atoms with Crippen LogP contribution < -0.4 is 0 Å². The highest BCUT2D eigenvalue weighted by molar-refractivity contribution is 5.49. The molecule has 0 aliphatic heterocycles. The molecular weight excluding hydrogens is 1960 g/mol. The minimum absolute atomic E-state index is 0.000286. The fourth-order valence-electron chi connectivity index (χ4n) is 10.6. The van der Waals surface area contributed by atoms with E-state index in [0.29, 0.717) is 90.6 Å². The van der Waals surface area contributed by atoms with E-state index >= 15 is 0 Å². The van der Waals surface area contributed by atoms with Crippen LogP contribution in [0.1, 0.15) is 214 Å². The Balaban J connectivity index is -0.0000000701. The molecule has 0 saturated heterocycles. The van der Waals surface area contributed by atoms with Gasteiger partial charge in [0.25, 0.3) is 0 Å². The standard InChI is InChI=1S/C16H26O3.C13H20O3.C12H18O3.2C10H14O3.C9H12O3.C8H10O3.18F2/c1-15(2,3)10-16(4,5)13-6-11(8-17)14(19)12(7-13)9-18;1-8(2)9(3)10-4-11(6-14)13(16)12(5-10)7-15;1-12(2,3)10-4-8(6-13)11(15)9(5-10)7-14;1-2-8-3-7(5-11)4-9(6-12)10(8)13;1-2-7-3-8(5-11)10(13)9(4-7)6-12;1-6-2-7(4-10)9(12)8(3-6)5-11;9-4-6-1-2-8(11)7(3-6)5-10;18*1-2/h6-7,17-19H,8-10H2,1-5H3;4-5,8-9,14-16H,6-7H2,1-3H3;4-5,13-15H,6-7H2,1-3H3;2*3-4,11-13H,2,5-6H2,1H3;2-3,10-12H,4-5H2,1H3;1-3,9-11H,4-5H2;;;;;;;;;;;;;;;;;;. The molecule has 0 fully saturated rings. The summed E-state index contributed by atoms with van der Waals surface area (Å²) in [5.74, 6) is 0.997. The van der Waals surface area contributed by atoms with Crippen LogP contribution in [0.2, 0.25) is 0 Å². The molecule has 0 radical (unpaired) electrons. The van der Waals surface area contributed by atoms with Crippen LogP contribution in [-0.4, -0.2) is 107 Å². The Bertz CT molecular complexity index is 3460. The monoisotopic (exact) mass is 2070 g/mol. The number of halogens is 36. The largest absolute Gasteiger partial charge is 0.508 e. The number of hydrogen-bond donors (Lipinski definition) is 21. The maximum absolute atomic E-state index is 9.89. The number of aliphatic hydroxyl groups is 14. The highest BCUT2D eigenvalue weighted by Crippen LogP contribution is 2.40. The van der Waals surface area contributed by atoms with Gasteiger partial charge in [-0.05, 0) is 166 Å². The summed E-state index contributed by atoms with van der Waals surface area (Å²) in [6.07, 6.45) is 2.48. The highest BCUT2D eigenvalue weighted by Gasteiger charge is 2.29. The molecule has 1 unspecified atom stereocenters. The molecular formula is C78H114F36O21. The van der Waals surface area contributed by atoms with E-state index in [2.05, 4.69) is 55.4 Å². The quantitative estimate of drug-likeness (QED) is 0.0315. The molecule has 57 heteroatoms. The number of hydrogen-bond acceptors (Lipinski definition) is 21. The van der Waals surface area contributed by atoms with Crippen molar-refractivity contribution in [3.8, 4) is 40.2 Å². The average Bonchev–Trinajstić information content (AvgIpc) is 0.791. The molecule has 7 aromatic rings. The van der Waals surface area contributed by atoms with Gasteiger partial charge >= 0.3 is 0 Å². The number of benzene rings is 7. The van der Waals surface area contributed by atoms with Crippen LogP contribution in [0.25, 0.3) is 0 Å². The second-order valence-electron chi connectivity index (χ2n) is 27.2. The number of aryl methyl sites for hydroxylation is 3. The first-order valence-corrected chi connectivity index (χ1v) is 35.4. The summed E-state index contributed by atoms with van der Waals surface area (Å²) in [6.45, 7) is 26.4. The van der Waals surface area contributed by atoms with Crippen molar-refractivity contribution >= 4 is 0 Å². The van der Waals surface area contributed by atoms with E-state index in [1.807, 2.05) is 53.7 Å². The molecule has 0 aromatic heterocycles. The van der Waals surface area contributed by atoms with Crippen LogP contribution in [0.15, 0.2) is 91.0 Å². The zero-order valence-electron chi connectivity index (χ0n) is 73.8. The van der Waals surface area contributed by atoms with Crippen LogP contribution in [0.5, 0.6) is 40.2 Å². The molecule has 0 heterocycles. The Hall–Kier alpha value is -9.94. The molecule has 0 amide bonds. The number of phenols is 7. The summed E-state index contributed by atoms with van der Waals surface area (Å²) in [5.41, 5.74) is 12.8. The maximum Gasteiger partial charge on any atom is 0.126 e. The summed E-state index contributed by atoms with van der Waals surface area (Å²) in [5, 5.41) is 193. The summed E-state index contributed by atoms with van der Waals surface area (Å²) in [6, 6.07) is 25.7. The third-order valence-corrected chi connectivity index (χ3v) is 16.4. The third-order valence-electron chi connectivity index (χ3n) is 16.4. The van der Waals surface area contributed by atoms with Crippen LogP contribution >= 0.6 is 0 Å². The lowest BCUT2D eigenvalue weighted by molar-refractivity contribution is 0.108. The minimum Gasteiger partial charge on any atom is -0.508 e. The zero-order valence-corrected chi connectivity index (χ0v) is 73.8. The van der Waals surface area contributed by atoms with Crippen LogP contribution in [0.4, 0.5) is 165 Å². The molecule has 1 atom stereocenters. The van der Waals surface area contributed by atoms with E-state index in [4.69, 9.17) is 231 Å². The van der Waals surface area contributed by atoms with Crippen molar-refractivity contribution in [3.63, 3.8) is 0 Å². The number of rotatable bonds is 20. The fraction of sp³-hybridized carbons (Fsp3) is 0.462. The maximum atomic E-state index is 9.89. The van der Waals surface area contributed by atoms with Gasteiger partial charge in [-0.15, -0.1) is 0 Å². The number of aromatic hydroxyl groups is 7. The lowest BCUT2D eigenvalue weighted by Gasteiger charge is -2.33. The third kappa shape index (κ3) is 74.9. The van der Waals surface area contributed by atoms with Crippen molar-refractivity contribution in [2.45, 2.75) is 225 Å². The fourth-order valence-corrected chi connectivity index (χ4v) is 10.6. The lowest BCUT2D eigenvalue weighted by atomic mass is 9.71. The molecule has 21 N–H and O–H groups in total. The van der Waals surface area contributed by atoms with Crippen LogP contribution in [-0.2, 0) is 116 Å². The van der Waals surface area contributed by atoms with E-state index in [-0.39, 0.29) is 149 Å². The Kier molecular flexibility index (Phi) is 145. The Labute approximate surface area is 749 Å². The van der Waals surface area contributed by atoms with Gasteiger partial charge in [-0.1, -0.05) is 114 Å². The first-order valence-electron chi connectivity index (χ1n) is 35.4. The van der Waals surface area contributed by atoms with Crippen molar-refractivity contribution in [2.24, 2.45) is 11.3 Å².